The van der Waals surface area contributed by atoms with Crippen molar-refractivity contribution in [2.45, 2.75) is 39.7 Å². The Hall–Kier alpha value is -2.37. The van der Waals surface area contributed by atoms with Gasteiger partial charge in [0, 0.05) is 23.8 Å². The number of carbonyl (C=O) groups excluding carboxylic acids is 3. The summed E-state index contributed by atoms with van der Waals surface area (Å²) in [6, 6.07) is 6.73. The first kappa shape index (κ1) is 16.7. The van der Waals surface area contributed by atoms with Crippen molar-refractivity contribution in [3.63, 3.8) is 0 Å². The Bertz CT molecular complexity index is 547. The van der Waals surface area contributed by atoms with E-state index < -0.39 is 5.91 Å². The minimum atomic E-state index is -0.406. The van der Waals surface area contributed by atoms with E-state index in [1.54, 1.807) is 24.3 Å². The van der Waals surface area contributed by atoms with Crippen LogP contribution in [0.1, 0.15) is 34.1 Å². The highest BCUT2D eigenvalue weighted by molar-refractivity contribution is 6.04. The molecular weight excluding hydrogens is 270 g/mol. The molecule has 0 saturated heterocycles. The Labute approximate surface area is 124 Å². The molecule has 6 heteroatoms. The van der Waals surface area contributed by atoms with Crippen molar-refractivity contribution in [3.05, 3.63) is 24.3 Å². The van der Waals surface area contributed by atoms with Crippen LogP contribution in [0.25, 0.3) is 0 Å². The molecule has 0 radical (unpaired) electrons. The number of anilines is 2. The summed E-state index contributed by atoms with van der Waals surface area (Å²) in [6.45, 7) is 6.95. The van der Waals surface area contributed by atoms with E-state index in [9.17, 15) is 14.4 Å². The normalized spacial score (nSPS) is 10.7. The maximum atomic E-state index is 11.8. The molecule has 0 aliphatic heterocycles. The van der Waals surface area contributed by atoms with Gasteiger partial charge in [0.25, 0.3) is 0 Å². The third kappa shape index (κ3) is 7.10. The van der Waals surface area contributed by atoms with E-state index in [0.717, 1.165) is 0 Å². The van der Waals surface area contributed by atoms with E-state index in [-0.39, 0.29) is 23.8 Å². The molecule has 1 rings (SSSR count). The molecule has 1 aromatic carbocycles. The number of amides is 3. The molecule has 114 valence electrons. The van der Waals surface area contributed by atoms with Crippen LogP contribution in [0.5, 0.6) is 0 Å². The second-order valence-electron chi connectivity index (χ2n) is 5.79. The molecule has 0 aromatic heterocycles. The van der Waals surface area contributed by atoms with E-state index in [1.165, 1.54) is 6.92 Å². The molecule has 0 aliphatic rings. The van der Waals surface area contributed by atoms with Crippen LogP contribution in [-0.2, 0) is 14.4 Å². The fourth-order valence-electron chi connectivity index (χ4n) is 1.69. The summed E-state index contributed by atoms with van der Waals surface area (Å²) >= 11 is 0. The maximum Gasteiger partial charge on any atom is 0.233 e. The Morgan fingerprint density at radius 1 is 1.00 bits per heavy atom. The molecule has 6 nitrogen and oxygen atoms in total. The molecule has 0 aliphatic carbocycles. The highest BCUT2D eigenvalue weighted by atomic mass is 16.2. The predicted molar refractivity (Wildman–Crippen MR) is 81.9 cm³/mol. The molecule has 0 spiro atoms. The number of hydrogen-bond donors (Lipinski definition) is 3. The molecular formula is C15H21N3O3. The van der Waals surface area contributed by atoms with Crippen molar-refractivity contribution >= 4 is 29.1 Å². The quantitative estimate of drug-likeness (QED) is 0.740. The molecule has 1 aromatic rings. The van der Waals surface area contributed by atoms with Crippen molar-refractivity contribution in [3.8, 4) is 0 Å². The molecule has 0 bridgehead atoms. The average molecular weight is 291 g/mol. The zero-order valence-electron chi connectivity index (χ0n) is 12.7. The van der Waals surface area contributed by atoms with Crippen molar-refractivity contribution in [2.75, 3.05) is 10.6 Å². The van der Waals surface area contributed by atoms with Gasteiger partial charge >= 0.3 is 0 Å². The second kappa shape index (κ2) is 6.88. The second-order valence-corrected chi connectivity index (χ2v) is 5.79. The SMILES string of the molecule is CC(=O)Nc1cccc(NC(=O)CC(=O)NC(C)(C)C)c1. The molecule has 0 atom stereocenters. The van der Waals surface area contributed by atoms with E-state index in [1.807, 2.05) is 20.8 Å². The molecule has 3 amide bonds. The van der Waals surface area contributed by atoms with Gasteiger partial charge in [-0.2, -0.15) is 0 Å². The largest absolute Gasteiger partial charge is 0.351 e. The lowest BCUT2D eigenvalue weighted by Gasteiger charge is -2.20. The molecule has 0 fully saturated rings. The van der Waals surface area contributed by atoms with Crippen LogP contribution in [0.4, 0.5) is 11.4 Å². The number of benzene rings is 1. The average Bonchev–Trinajstić information content (AvgIpc) is 2.24. The van der Waals surface area contributed by atoms with E-state index in [2.05, 4.69) is 16.0 Å². The van der Waals surface area contributed by atoms with Gasteiger partial charge in [0.15, 0.2) is 0 Å². The van der Waals surface area contributed by atoms with Gasteiger partial charge < -0.3 is 16.0 Å². The summed E-state index contributed by atoms with van der Waals surface area (Å²) in [5.74, 6) is -0.933. The summed E-state index contributed by atoms with van der Waals surface area (Å²) in [7, 11) is 0. The number of rotatable bonds is 4. The van der Waals surface area contributed by atoms with Crippen LogP contribution < -0.4 is 16.0 Å². The Balaban J connectivity index is 2.59. The van der Waals surface area contributed by atoms with Crippen LogP contribution in [0.3, 0.4) is 0 Å². The van der Waals surface area contributed by atoms with Gasteiger partial charge in [-0.3, -0.25) is 14.4 Å². The number of hydrogen-bond acceptors (Lipinski definition) is 3. The monoisotopic (exact) mass is 291 g/mol. The molecule has 21 heavy (non-hydrogen) atoms. The summed E-state index contributed by atoms with van der Waals surface area (Å²) in [5, 5.41) is 7.96. The third-order valence-electron chi connectivity index (χ3n) is 2.30. The predicted octanol–water partition coefficient (Wildman–Crippen LogP) is 1.89. The molecule has 0 heterocycles. The standard InChI is InChI=1S/C15H21N3O3/c1-10(19)16-11-6-5-7-12(8-11)17-13(20)9-14(21)18-15(2,3)4/h5-8H,9H2,1-4H3,(H,16,19)(H,17,20)(H,18,21). The number of carbonyl (C=O) groups is 3. The Morgan fingerprint density at radius 2 is 1.57 bits per heavy atom. The lowest BCUT2D eigenvalue weighted by atomic mass is 10.1. The van der Waals surface area contributed by atoms with Crippen molar-refractivity contribution < 1.29 is 14.4 Å². The van der Waals surface area contributed by atoms with Gasteiger partial charge in [-0.1, -0.05) is 6.07 Å². The third-order valence-corrected chi connectivity index (χ3v) is 2.30. The summed E-state index contributed by atoms with van der Waals surface area (Å²) in [4.78, 5) is 34.4. The maximum absolute atomic E-state index is 11.8. The van der Waals surface area contributed by atoms with Crippen LogP contribution in [-0.4, -0.2) is 23.3 Å². The Morgan fingerprint density at radius 3 is 2.10 bits per heavy atom. The summed E-state index contributed by atoms with van der Waals surface area (Å²) < 4.78 is 0. The number of nitrogens with one attached hydrogen (secondary N) is 3. The minimum absolute atomic E-state index is 0.192. The molecule has 0 saturated carbocycles. The van der Waals surface area contributed by atoms with Gasteiger partial charge in [0.1, 0.15) is 6.42 Å². The molecule has 0 unspecified atom stereocenters. The fraction of sp³-hybridized carbons (Fsp3) is 0.400. The smallest absolute Gasteiger partial charge is 0.233 e. The van der Waals surface area contributed by atoms with E-state index >= 15 is 0 Å². The highest BCUT2D eigenvalue weighted by Gasteiger charge is 2.16. The Kier molecular flexibility index (Phi) is 5.46. The molecule has 3 N–H and O–H groups in total. The van der Waals surface area contributed by atoms with Gasteiger partial charge in [-0.25, -0.2) is 0 Å². The van der Waals surface area contributed by atoms with Crippen molar-refractivity contribution in [1.29, 1.82) is 0 Å². The first-order valence-electron chi connectivity index (χ1n) is 6.64. The van der Waals surface area contributed by atoms with Crippen LogP contribution in [0, 0.1) is 0 Å². The van der Waals surface area contributed by atoms with Crippen LogP contribution >= 0.6 is 0 Å². The van der Waals surface area contributed by atoms with Gasteiger partial charge in [-0.05, 0) is 39.0 Å². The van der Waals surface area contributed by atoms with Crippen LogP contribution in [0.2, 0.25) is 0 Å². The zero-order chi connectivity index (χ0) is 16.0. The van der Waals surface area contributed by atoms with Gasteiger partial charge in [0.05, 0.1) is 0 Å². The topological polar surface area (TPSA) is 87.3 Å². The summed E-state index contributed by atoms with van der Waals surface area (Å²) in [6.07, 6.45) is -0.248. The minimum Gasteiger partial charge on any atom is -0.351 e. The highest BCUT2D eigenvalue weighted by Crippen LogP contribution is 2.15. The summed E-state index contributed by atoms with van der Waals surface area (Å²) in [5.41, 5.74) is 0.733. The van der Waals surface area contributed by atoms with Gasteiger partial charge in [-0.15, -0.1) is 0 Å². The fourth-order valence-corrected chi connectivity index (χ4v) is 1.69. The zero-order valence-corrected chi connectivity index (χ0v) is 12.7. The van der Waals surface area contributed by atoms with Crippen molar-refractivity contribution in [1.82, 2.24) is 5.32 Å². The van der Waals surface area contributed by atoms with Crippen LogP contribution in [0.15, 0.2) is 24.3 Å². The lowest BCUT2D eigenvalue weighted by molar-refractivity contribution is -0.127. The lowest BCUT2D eigenvalue weighted by Crippen LogP contribution is -2.41. The van der Waals surface area contributed by atoms with E-state index in [0.29, 0.717) is 11.4 Å². The van der Waals surface area contributed by atoms with Gasteiger partial charge in [0.2, 0.25) is 17.7 Å². The van der Waals surface area contributed by atoms with E-state index in [4.69, 9.17) is 0 Å². The first-order chi connectivity index (χ1) is 9.65. The first-order valence-corrected chi connectivity index (χ1v) is 6.64. The van der Waals surface area contributed by atoms with Crippen molar-refractivity contribution in [2.24, 2.45) is 0 Å².